The van der Waals surface area contributed by atoms with Crippen molar-refractivity contribution in [2.75, 3.05) is 20.3 Å². The van der Waals surface area contributed by atoms with Gasteiger partial charge >= 0.3 is 0 Å². The van der Waals surface area contributed by atoms with Crippen molar-refractivity contribution in [3.63, 3.8) is 0 Å². The number of ether oxygens (including phenoxy) is 2. The second-order valence-electron chi connectivity index (χ2n) is 5.25. The molecule has 1 unspecified atom stereocenters. The Morgan fingerprint density at radius 2 is 2.28 bits per heavy atom. The highest BCUT2D eigenvalue weighted by Crippen LogP contribution is 2.46. The minimum atomic E-state index is 0.571. The smallest absolute Gasteiger partial charge is 0.137 e. The van der Waals surface area contributed by atoms with E-state index >= 15 is 0 Å². The lowest BCUT2D eigenvalue weighted by atomic mass is 9.77. The number of fused-ring (bicyclic) bond motifs is 3. The third-order valence-electron chi connectivity index (χ3n) is 4.03. The van der Waals surface area contributed by atoms with Gasteiger partial charge in [0, 0.05) is 24.1 Å². The predicted octanol–water partition coefficient (Wildman–Crippen LogP) is 2.93. The number of halogens is 1. The van der Waals surface area contributed by atoms with Crippen LogP contribution < -0.4 is 14.8 Å². The van der Waals surface area contributed by atoms with Crippen LogP contribution in [0.5, 0.6) is 11.5 Å². The maximum atomic E-state index is 5.92. The molecule has 4 heteroatoms. The Labute approximate surface area is 116 Å². The van der Waals surface area contributed by atoms with E-state index < -0.39 is 0 Å². The van der Waals surface area contributed by atoms with Crippen LogP contribution in [0, 0.1) is 5.92 Å². The fourth-order valence-corrected chi connectivity index (χ4v) is 3.60. The molecule has 98 valence electrons. The summed E-state index contributed by atoms with van der Waals surface area (Å²) in [7, 11) is 1.71. The monoisotopic (exact) mass is 311 g/mol. The average molecular weight is 312 g/mol. The molecule has 2 aliphatic heterocycles. The van der Waals surface area contributed by atoms with Gasteiger partial charge in [0.1, 0.15) is 11.5 Å². The first-order valence-electron chi connectivity index (χ1n) is 6.42. The molecule has 3 rings (SSSR count). The van der Waals surface area contributed by atoms with Crippen LogP contribution in [0.15, 0.2) is 16.6 Å². The summed E-state index contributed by atoms with van der Waals surface area (Å²) in [5, 5.41) is 3.53. The van der Waals surface area contributed by atoms with E-state index in [1.165, 1.54) is 12.0 Å². The summed E-state index contributed by atoms with van der Waals surface area (Å²) in [4.78, 5) is 0. The number of hydrogen-bond acceptors (Lipinski definition) is 3. The molecule has 0 spiro atoms. The minimum Gasteiger partial charge on any atom is -0.497 e. The second-order valence-corrected chi connectivity index (χ2v) is 6.10. The summed E-state index contributed by atoms with van der Waals surface area (Å²) in [6.45, 7) is 4.10. The lowest BCUT2D eigenvalue weighted by Crippen LogP contribution is -2.45. The average Bonchev–Trinajstić information content (AvgIpc) is 2.38. The first kappa shape index (κ1) is 12.3. The van der Waals surface area contributed by atoms with Gasteiger partial charge in [-0.3, -0.25) is 0 Å². The van der Waals surface area contributed by atoms with E-state index in [-0.39, 0.29) is 0 Å². The number of methoxy groups -OCH3 is 1. The first-order chi connectivity index (χ1) is 8.69. The van der Waals surface area contributed by atoms with Gasteiger partial charge in [-0.25, -0.2) is 0 Å². The molecular weight excluding hydrogens is 294 g/mol. The zero-order valence-corrected chi connectivity index (χ0v) is 12.3. The fourth-order valence-electron chi connectivity index (χ4n) is 3.03. The standard InChI is InChI=1S/C14H18BrNO2/c1-8-3-11-9(6-16-8)7-18-14-12(11)4-10(17-2)5-13(14)15/h4-5,8-9,11,16H,3,6-7H2,1-2H3/t8?,9-,11+/m1/s1. The van der Waals surface area contributed by atoms with Gasteiger partial charge in [-0.05, 0) is 47.3 Å². The number of benzene rings is 1. The molecule has 1 saturated heterocycles. The minimum absolute atomic E-state index is 0.571. The first-order valence-corrected chi connectivity index (χ1v) is 7.22. The molecule has 0 aliphatic carbocycles. The summed E-state index contributed by atoms with van der Waals surface area (Å²) in [6.07, 6.45) is 1.17. The normalized spacial score (nSPS) is 30.1. The zero-order valence-electron chi connectivity index (χ0n) is 10.7. The Balaban J connectivity index is 2.03. The maximum absolute atomic E-state index is 5.92. The van der Waals surface area contributed by atoms with Crippen LogP contribution in [0.2, 0.25) is 0 Å². The van der Waals surface area contributed by atoms with Gasteiger partial charge in [0.2, 0.25) is 0 Å². The molecule has 2 heterocycles. The lowest BCUT2D eigenvalue weighted by Gasteiger charge is -2.40. The van der Waals surface area contributed by atoms with Crippen LogP contribution in [0.4, 0.5) is 0 Å². The van der Waals surface area contributed by atoms with Crippen molar-refractivity contribution in [3.8, 4) is 11.5 Å². The van der Waals surface area contributed by atoms with Crippen molar-refractivity contribution >= 4 is 15.9 Å². The number of rotatable bonds is 1. The van der Waals surface area contributed by atoms with Gasteiger partial charge in [-0.1, -0.05) is 0 Å². The van der Waals surface area contributed by atoms with Gasteiger partial charge in [-0.15, -0.1) is 0 Å². The van der Waals surface area contributed by atoms with Crippen molar-refractivity contribution in [3.05, 3.63) is 22.2 Å². The number of hydrogen-bond donors (Lipinski definition) is 1. The van der Waals surface area contributed by atoms with E-state index in [2.05, 4.69) is 34.2 Å². The summed E-state index contributed by atoms with van der Waals surface area (Å²) < 4.78 is 12.3. The Morgan fingerprint density at radius 3 is 3.06 bits per heavy atom. The molecule has 3 nitrogen and oxygen atoms in total. The van der Waals surface area contributed by atoms with E-state index in [1.54, 1.807) is 7.11 Å². The molecular formula is C14H18BrNO2. The van der Waals surface area contributed by atoms with Crippen molar-refractivity contribution < 1.29 is 9.47 Å². The molecule has 3 atom stereocenters. The second kappa shape index (κ2) is 4.74. The van der Waals surface area contributed by atoms with Gasteiger partial charge < -0.3 is 14.8 Å². The molecule has 1 N–H and O–H groups in total. The molecule has 1 fully saturated rings. The molecule has 18 heavy (non-hydrogen) atoms. The predicted molar refractivity (Wildman–Crippen MR) is 74.5 cm³/mol. The summed E-state index contributed by atoms with van der Waals surface area (Å²) in [6, 6.07) is 4.68. The van der Waals surface area contributed by atoms with Crippen LogP contribution in [-0.2, 0) is 0 Å². The highest BCUT2D eigenvalue weighted by atomic mass is 79.9. The fraction of sp³-hybridized carbons (Fsp3) is 0.571. The van der Waals surface area contributed by atoms with Crippen LogP contribution >= 0.6 is 15.9 Å². The van der Waals surface area contributed by atoms with E-state index in [1.807, 2.05) is 6.07 Å². The third kappa shape index (κ3) is 2.01. The van der Waals surface area contributed by atoms with E-state index in [4.69, 9.17) is 9.47 Å². The molecule has 0 amide bonds. The molecule has 1 aromatic rings. The van der Waals surface area contributed by atoms with Crippen LogP contribution in [0.25, 0.3) is 0 Å². The summed E-state index contributed by atoms with van der Waals surface area (Å²) in [5.74, 6) is 3.06. The quantitative estimate of drug-likeness (QED) is 0.865. The topological polar surface area (TPSA) is 30.5 Å². The van der Waals surface area contributed by atoms with Crippen molar-refractivity contribution in [2.24, 2.45) is 5.92 Å². The summed E-state index contributed by atoms with van der Waals surface area (Å²) >= 11 is 3.58. The van der Waals surface area contributed by atoms with E-state index in [0.717, 1.165) is 29.1 Å². The Kier molecular flexibility index (Phi) is 3.24. The highest BCUT2D eigenvalue weighted by molar-refractivity contribution is 9.10. The molecule has 2 aliphatic rings. The van der Waals surface area contributed by atoms with Crippen molar-refractivity contribution in [2.45, 2.75) is 25.3 Å². The third-order valence-corrected chi connectivity index (χ3v) is 4.62. The van der Waals surface area contributed by atoms with Gasteiger partial charge in [0.05, 0.1) is 18.2 Å². The van der Waals surface area contributed by atoms with Crippen LogP contribution in [0.1, 0.15) is 24.8 Å². The molecule has 1 aromatic carbocycles. The molecule has 0 aromatic heterocycles. The number of piperidine rings is 1. The SMILES string of the molecule is COc1cc(Br)c2c(c1)[C@H]1CC(C)NC[C@@H]1CO2. The van der Waals surface area contributed by atoms with Gasteiger partial charge in [0.15, 0.2) is 0 Å². The Bertz CT molecular complexity index is 463. The zero-order chi connectivity index (χ0) is 12.7. The van der Waals surface area contributed by atoms with Gasteiger partial charge in [-0.2, -0.15) is 0 Å². The maximum Gasteiger partial charge on any atom is 0.137 e. The molecule has 0 saturated carbocycles. The highest BCUT2D eigenvalue weighted by Gasteiger charge is 2.36. The summed E-state index contributed by atoms with van der Waals surface area (Å²) in [5.41, 5.74) is 1.30. The van der Waals surface area contributed by atoms with E-state index in [0.29, 0.717) is 17.9 Å². The molecule has 0 radical (unpaired) electrons. The number of nitrogens with one attached hydrogen (secondary N) is 1. The lowest BCUT2D eigenvalue weighted by molar-refractivity contribution is 0.151. The van der Waals surface area contributed by atoms with Crippen molar-refractivity contribution in [1.82, 2.24) is 5.32 Å². The molecule has 0 bridgehead atoms. The Hall–Kier alpha value is -0.740. The van der Waals surface area contributed by atoms with E-state index in [9.17, 15) is 0 Å². The van der Waals surface area contributed by atoms with Crippen LogP contribution in [0.3, 0.4) is 0 Å². The Morgan fingerprint density at radius 1 is 1.44 bits per heavy atom. The van der Waals surface area contributed by atoms with Crippen molar-refractivity contribution in [1.29, 1.82) is 0 Å². The van der Waals surface area contributed by atoms with Gasteiger partial charge in [0.25, 0.3) is 0 Å². The van der Waals surface area contributed by atoms with Crippen LogP contribution in [-0.4, -0.2) is 26.3 Å². The largest absolute Gasteiger partial charge is 0.497 e.